The first-order valence-corrected chi connectivity index (χ1v) is 7.48. The number of hydrogen-bond donors (Lipinski definition) is 2. The Morgan fingerprint density at radius 3 is 2.89 bits per heavy atom. The predicted octanol–water partition coefficient (Wildman–Crippen LogP) is 2.92. The van der Waals surface area contributed by atoms with E-state index in [1.54, 1.807) is 0 Å². The molecule has 1 aliphatic carbocycles. The van der Waals surface area contributed by atoms with E-state index in [4.69, 9.17) is 0 Å². The third-order valence-corrected chi connectivity index (χ3v) is 4.09. The molecule has 1 aromatic rings. The largest absolute Gasteiger partial charge is 0.393 e. The molecule has 0 bridgehead atoms. The summed E-state index contributed by atoms with van der Waals surface area (Å²) >= 11 is 0. The molecule has 3 nitrogen and oxygen atoms in total. The Morgan fingerprint density at radius 2 is 2.26 bits per heavy atom. The second-order valence-electron chi connectivity index (χ2n) is 6.10. The fraction of sp³-hybridized carbons (Fsp3) is 0.688. The van der Waals surface area contributed by atoms with E-state index in [0.717, 1.165) is 25.8 Å². The molecule has 3 unspecified atom stereocenters. The van der Waals surface area contributed by atoms with E-state index in [1.165, 1.54) is 12.0 Å². The minimum absolute atomic E-state index is 0.0866. The zero-order chi connectivity index (χ0) is 13.7. The van der Waals surface area contributed by atoms with Crippen LogP contribution in [-0.2, 0) is 0 Å². The molecule has 0 saturated heterocycles. The van der Waals surface area contributed by atoms with Crippen LogP contribution in [0.25, 0.3) is 0 Å². The average Bonchev–Trinajstić information content (AvgIpc) is 2.40. The van der Waals surface area contributed by atoms with Crippen LogP contribution >= 0.6 is 0 Å². The van der Waals surface area contributed by atoms with E-state index in [-0.39, 0.29) is 6.10 Å². The van der Waals surface area contributed by atoms with Crippen LogP contribution in [0.5, 0.6) is 0 Å². The van der Waals surface area contributed by atoms with Crippen molar-refractivity contribution >= 4 is 0 Å². The van der Waals surface area contributed by atoms with Gasteiger partial charge in [-0.2, -0.15) is 0 Å². The lowest BCUT2D eigenvalue weighted by atomic mass is 9.86. The molecule has 0 spiro atoms. The van der Waals surface area contributed by atoms with Gasteiger partial charge in [-0.25, -0.2) is 0 Å². The Morgan fingerprint density at radius 1 is 1.42 bits per heavy atom. The molecule has 0 amide bonds. The second-order valence-corrected chi connectivity index (χ2v) is 6.10. The summed E-state index contributed by atoms with van der Waals surface area (Å²) in [6.07, 6.45) is 8.01. The Hall–Kier alpha value is -0.930. The first-order valence-electron chi connectivity index (χ1n) is 7.48. The van der Waals surface area contributed by atoms with Gasteiger partial charge in [0.05, 0.1) is 6.10 Å². The quantitative estimate of drug-likeness (QED) is 0.857. The monoisotopic (exact) mass is 262 g/mol. The van der Waals surface area contributed by atoms with E-state index in [9.17, 15) is 5.11 Å². The van der Waals surface area contributed by atoms with Gasteiger partial charge in [0.25, 0.3) is 0 Å². The molecule has 1 fully saturated rings. The maximum Gasteiger partial charge on any atom is 0.0543 e. The van der Waals surface area contributed by atoms with Crippen molar-refractivity contribution in [2.24, 2.45) is 11.8 Å². The standard InChI is InChI=1S/C16H26N2O/c1-12(2)16(14-6-4-8-17-11-14)18-10-13-5-3-7-15(19)9-13/h4,6,8,11-13,15-16,18-19H,3,5,7,9-10H2,1-2H3. The van der Waals surface area contributed by atoms with Gasteiger partial charge in [0.2, 0.25) is 0 Å². The lowest BCUT2D eigenvalue weighted by molar-refractivity contribution is 0.0989. The number of rotatable bonds is 5. The molecule has 0 radical (unpaired) electrons. The molecule has 3 atom stereocenters. The van der Waals surface area contributed by atoms with Crippen LogP contribution < -0.4 is 5.32 Å². The summed E-state index contributed by atoms with van der Waals surface area (Å²) in [6.45, 7) is 5.47. The molecular formula is C16H26N2O. The third-order valence-electron chi connectivity index (χ3n) is 4.09. The van der Waals surface area contributed by atoms with E-state index in [2.05, 4.69) is 30.2 Å². The van der Waals surface area contributed by atoms with E-state index in [0.29, 0.717) is 17.9 Å². The summed E-state index contributed by atoms with van der Waals surface area (Å²) in [5.74, 6) is 1.15. The van der Waals surface area contributed by atoms with Crippen molar-refractivity contribution in [3.05, 3.63) is 30.1 Å². The first-order chi connectivity index (χ1) is 9.16. The molecule has 1 aliphatic rings. The Labute approximate surface area is 116 Å². The molecule has 19 heavy (non-hydrogen) atoms. The van der Waals surface area contributed by atoms with Crippen LogP contribution in [0, 0.1) is 11.8 Å². The van der Waals surface area contributed by atoms with Crippen molar-refractivity contribution in [2.75, 3.05) is 6.54 Å². The molecule has 2 rings (SSSR count). The number of pyridine rings is 1. The highest BCUT2D eigenvalue weighted by Crippen LogP contribution is 2.26. The summed E-state index contributed by atoms with van der Waals surface area (Å²) in [7, 11) is 0. The molecular weight excluding hydrogens is 236 g/mol. The van der Waals surface area contributed by atoms with Crippen molar-refractivity contribution < 1.29 is 5.11 Å². The maximum absolute atomic E-state index is 9.73. The van der Waals surface area contributed by atoms with Crippen molar-refractivity contribution in [2.45, 2.75) is 51.7 Å². The summed E-state index contributed by atoms with van der Waals surface area (Å²) in [5.41, 5.74) is 1.26. The number of aliphatic hydroxyl groups excluding tert-OH is 1. The van der Waals surface area contributed by atoms with Gasteiger partial charge >= 0.3 is 0 Å². The molecule has 3 heteroatoms. The highest BCUT2D eigenvalue weighted by atomic mass is 16.3. The van der Waals surface area contributed by atoms with Gasteiger partial charge < -0.3 is 10.4 Å². The van der Waals surface area contributed by atoms with Gasteiger partial charge in [0, 0.05) is 18.4 Å². The third kappa shape index (κ3) is 4.29. The number of aromatic nitrogens is 1. The van der Waals surface area contributed by atoms with E-state index >= 15 is 0 Å². The second kappa shape index (κ2) is 7.01. The maximum atomic E-state index is 9.73. The van der Waals surface area contributed by atoms with E-state index < -0.39 is 0 Å². The molecule has 2 N–H and O–H groups in total. The molecule has 0 aromatic carbocycles. The van der Waals surface area contributed by atoms with Crippen molar-refractivity contribution in [3.63, 3.8) is 0 Å². The van der Waals surface area contributed by atoms with E-state index in [1.807, 2.05) is 18.5 Å². The molecule has 1 saturated carbocycles. The van der Waals surface area contributed by atoms with Gasteiger partial charge in [-0.05, 0) is 49.3 Å². The van der Waals surface area contributed by atoms with Crippen LogP contribution in [0.1, 0.15) is 51.1 Å². The van der Waals surface area contributed by atoms with Gasteiger partial charge in [0.1, 0.15) is 0 Å². The minimum Gasteiger partial charge on any atom is -0.393 e. The SMILES string of the molecule is CC(C)C(NCC1CCCC(O)C1)c1cccnc1. The van der Waals surface area contributed by atoms with Crippen LogP contribution in [0.4, 0.5) is 0 Å². The van der Waals surface area contributed by atoms with Crippen LogP contribution in [-0.4, -0.2) is 22.7 Å². The minimum atomic E-state index is -0.0866. The first kappa shape index (κ1) is 14.5. The van der Waals surface area contributed by atoms with Crippen molar-refractivity contribution in [1.82, 2.24) is 10.3 Å². The lowest BCUT2D eigenvalue weighted by Gasteiger charge is -2.29. The van der Waals surface area contributed by atoms with Gasteiger partial charge in [0.15, 0.2) is 0 Å². The normalized spacial score (nSPS) is 25.5. The Kier molecular flexibility index (Phi) is 5.34. The van der Waals surface area contributed by atoms with Gasteiger partial charge in [-0.1, -0.05) is 26.3 Å². The molecule has 1 heterocycles. The summed E-state index contributed by atoms with van der Waals surface area (Å²) in [6, 6.07) is 4.49. The van der Waals surface area contributed by atoms with Gasteiger partial charge in [-0.15, -0.1) is 0 Å². The van der Waals surface area contributed by atoms with Gasteiger partial charge in [-0.3, -0.25) is 4.98 Å². The highest BCUT2D eigenvalue weighted by molar-refractivity contribution is 5.14. The van der Waals surface area contributed by atoms with Crippen molar-refractivity contribution in [1.29, 1.82) is 0 Å². The number of nitrogens with one attached hydrogen (secondary N) is 1. The summed E-state index contributed by atoms with van der Waals surface area (Å²) < 4.78 is 0. The topological polar surface area (TPSA) is 45.1 Å². The zero-order valence-electron chi connectivity index (χ0n) is 12.0. The van der Waals surface area contributed by atoms with Crippen LogP contribution in [0.2, 0.25) is 0 Å². The summed E-state index contributed by atoms with van der Waals surface area (Å²) in [5, 5.41) is 13.4. The smallest absolute Gasteiger partial charge is 0.0543 e. The summed E-state index contributed by atoms with van der Waals surface area (Å²) in [4.78, 5) is 4.21. The van der Waals surface area contributed by atoms with Crippen LogP contribution in [0.3, 0.4) is 0 Å². The predicted molar refractivity (Wildman–Crippen MR) is 77.8 cm³/mol. The fourth-order valence-electron chi connectivity index (χ4n) is 3.04. The molecule has 0 aliphatic heterocycles. The average molecular weight is 262 g/mol. The fourth-order valence-corrected chi connectivity index (χ4v) is 3.04. The Balaban J connectivity index is 1.91. The molecule has 1 aromatic heterocycles. The molecule has 106 valence electrons. The van der Waals surface area contributed by atoms with Crippen molar-refractivity contribution in [3.8, 4) is 0 Å². The number of hydrogen-bond acceptors (Lipinski definition) is 3. The lowest BCUT2D eigenvalue weighted by Crippen LogP contribution is -2.33. The zero-order valence-corrected chi connectivity index (χ0v) is 12.0. The highest BCUT2D eigenvalue weighted by Gasteiger charge is 2.22. The number of aliphatic hydroxyl groups is 1. The van der Waals surface area contributed by atoms with Crippen LogP contribution in [0.15, 0.2) is 24.5 Å². The Bertz CT molecular complexity index is 366. The number of nitrogens with zero attached hydrogens (tertiary/aromatic N) is 1.